The highest BCUT2D eigenvalue weighted by Crippen LogP contribution is 2.22. The molecule has 0 saturated heterocycles. The lowest BCUT2D eigenvalue weighted by Gasteiger charge is -2.19. The van der Waals surface area contributed by atoms with Crippen LogP contribution < -0.4 is 5.32 Å². The maximum atomic E-state index is 14.1. The second-order valence-corrected chi connectivity index (χ2v) is 6.72. The minimum absolute atomic E-state index is 0.0202. The molecule has 0 aliphatic heterocycles. The van der Waals surface area contributed by atoms with Gasteiger partial charge in [0.05, 0.1) is 5.69 Å². The maximum absolute atomic E-state index is 14.1. The molecule has 1 heterocycles. The lowest BCUT2D eigenvalue weighted by Crippen LogP contribution is -2.26. The number of aryl methyl sites for hydroxylation is 2. The van der Waals surface area contributed by atoms with Crippen molar-refractivity contribution in [2.75, 3.05) is 0 Å². The van der Waals surface area contributed by atoms with Crippen molar-refractivity contribution in [2.45, 2.75) is 46.1 Å². The molecule has 1 amide bonds. The Balaban J connectivity index is 2.06. The molecule has 1 N–H and O–H groups in total. The molecule has 0 saturated carbocycles. The van der Waals surface area contributed by atoms with E-state index >= 15 is 0 Å². The van der Waals surface area contributed by atoms with Gasteiger partial charge in [0.1, 0.15) is 0 Å². The summed E-state index contributed by atoms with van der Waals surface area (Å²) in [6.07, 6.45) is 0.460. The van der Waals surface area contributed by atoms with Crippen LogP contribution in [0.5, 0.6) is 0 Å². The molecule has 4 nitrogen and oxygen atoms in total. The number of carbonyl (C=O) groups is 1. The van der Waals surface area contributed by atoms with E-state index in [4.69, 9.17) is 0 Å². The minimum atomic E-state index is -0.532. The number of nitrogens with zero attached hydrogens (tertiary/aromatic N) is 2. The first-order valence-electron chi connectivity index (χ1n) is 7.83. The molecule has 0 unspecified atom stereocenters. The van der Waals surface area contributed by atoms with Crippen LogP contribution >= 0.6 is 0 Å². The first-order chi connectivity index (χ1) is 10.7. The number of halogens is 1. The van der Waals surface area contributed by atoms with Gasteiger partial charge in [0.25, 0.3) is 5.91 Å². The number of aromatic nitrogens is 2. The van der Waals surface area contributed by atoms with E-state index in [1.54, 1.807) is 7.05 Å². The fraction of sp³-hybridized carbons (Fsp3) is 0.444. The van der Waals surface area contributed by atoms with Crippen molar-refractivity contribution in [3.8, 4) is 0 Å². The third kappa shape index (κ3) is 3.78. The molecule has 1 aromatic heterocycles. The van der Waals surface area contributed by atoms with Crippen LogP contribution in [0.25, 0.3) is 0 Å². The fourth-order valence-corrected chi connectivity index (χ4v) is 2.41. The number of nitrogens with one attached hydrogen (secondary N) is 1. The third-order valence-electron chi connectivity index (χ3n) is 3.88. The van der Waals surface area contributed by atoms with Gasteiger partial charge in [-0.25, -0.2) is 4.39 Å². The zero-order chi connectivity index (χ0) is 17.2. The zero-order valence-corrected chi connectivity index (χ0v) is 14.4. The molecule has 0 spiro atoms. The second kappa shape index (κ2) is 6.52. The quantitative estimate of drug-likeness (QED) is 0.940. The van der Waals surface area contributed by atoms with Gasteiger partial charge in [0.2, 0.25) is 0 Å². The van der Waals surface area contributed by atoms with E-state index in [1.807, 2.05) is 19.1 Å². The molecular weight excluding hydrogens is 293 g/mol. The van der Waals surface area contributed by atoms with E-state index in [0.717, 1.165) is 5.56 Å². The SMILES string of the molecule is CCc1nn(C)c(C(=O)NCc2ccc(C(C)(C)C)cc2)c1F. The predicted molar refractivity (Wildman–Crippen MR) is 88.9 cm³/mol. The topological polar surface area (TPSA) is 46.9 Å². The van der Waals surface area contributed by atoms with Gasteiger partial charge in [0.15, 0.2) is 11.5 Å². The van der Waals surface area contributed by atoms with Crippen molar-refractivity contribution in [3.05, 3.63) is 52.6 Å². The van der Waals surface area contributed by atoms with Gasteiger partial charge in [-0.05, 0) is 23.0 Å². The molecule has 0 radical (unpaired) electrons. The van der Waals surface area contributed by atoms with Crippen LogP contribution in [0.2, 0.25) is 0 Å². The molecule has 0 atom stereocenters. The Bertz CT molecular complexity index is 696. The van der Waals surface area contributed by atoms with Crippen LogP contribution in [-0.2, 0) is 25.4 Å². The van der Waals surface area contributed by atoms with Crippen LogP contribution in [0.3, 0.4) is 0 Å². The highest BCUT2D eigenvalue weighted by molar-refractivity contribution is 5.92. The highest BCUT2D eigenvalue weighted by Gasteiger charge is 2.21. The summed E-state index contributed by atoms with van der Waals surface area (Å²) < 4.78 is 15.4. The predicted octanol–water partition coefficient (Wildman–Crippen LogP) is 3.35. The Labute approximate surface area is 136 Å². The molecule has 1 aromatic carbocycles. The van der Waals surface area contributed by atoms with Gasteiger partial charge in [-0.15, -0.1) is 0 Å². The Kier molecular flexibility index (Phi) is 4.88. The number of carbonyl (C=O) groups excluding carboxylic acids is 1. The van der Waals surface area contributed by atoms with Gasteiger partial charge < -0.3 is 5.32 Å². The van der Waals surface area contributed by atoms with Crippen molar-refractivity contribution in [3.63, 3.8) is 0 Å². The molecule has 2 aromatic rings. The number of amides is 1. The summed E-state index contributed by atoms with van der Waals surface area (Å²) in [7, 11) is 1.58. The van der Waals surface area contributed by atoms with E-state index in [0.29, 0.717) is 18.7 Å². The molecule has 0 aliphatic carbocycles. The van der Waals surface area contributed by atoms with Crippen molar-refractivity contribution < 1.29 is 9.18 Å². The van der Waals surface area contributed by atoms with E-state index in [9.17, 15) is 9.18 Å². The van der Waals surface area contributed by atoms with Crippen molar-refractivity contribution in [2.24, 2.45) is 7.05 Å². The monoisotopic (exact) mass is 317 g/mol. The van der Waals surface area contributed by atoms with Gasteiger partial charge in [0, 0.05) is 13.6 Å². The lowest BCUT2D eigenvalue weighted by molar-refractivity contribution is 0.0937. The number of hydrogen-bond donors (Lipinski definition) is 1. The second-order valence-electron chi connectivity index (χ2n) is 6.72. The summed E-state index contributed by atoms with van der Waals surface area (Å²) in [5, 5.41) is 6.78. The van der Waals surface area contributed by atoms with Crippen LogP contribution in [-0.4, -0.2) is 15.7 Å². The summed E-state index contributed by atoms with van der Waals surface area (Å²) in [6, 6.07) is 8.08. The molecular formula is C18H24FN3O. The molecule has 0 fully saturated rings. The summed E-state index contributed by atoms with van der Waals surface area (Å²) >= 11 is 0. The Morgan fingerprint density at radius 2 is 1.87 bits per heavy atom. The van der Waals surface area contributed by atoms with E-state index in [1.165, 1.54) is 10.2 Å². The Morgan fingerprint density at radius 1 is 1.26 bits per heavy atom. The van der Waals surface area contributed by atoms with Gasteiger partial charge in [-0.2, -0.15) is 5.10 Å². The molecule has 0 aliphatic rings. The van der Waals surface area contributed by atoms with Gasteiger partial charge >= 0.3 is 0 Å². The largest absolute Gasteiger partial charge is 0.347 e. The fourth-order valence-electron chi connectivity index (χ4n) is 2.41. The highest BCUT2D eigenvalue weighted by atomic mass is 19.1. The van der Waals surface area contributed by atoms with Crippen LogP contribution in [0.1, 0.15) is 55.0 Å². The molecule has 5 heteroatoms. The summed E-state index contributed by atoms with van der Waals surface area (Å²) in [6.45, 7) is 8.63. The summed E-state index contributed by atoms with van der Waals surface area (Å²) in [5.41, 5.74) is 2.60. The average Bonchev–Trinajstić information content (AvgIpc) is 2.78. The van der Waals surface area contributed by atoms with E-state index < -0.39 is 11.7 Å². The number of benzene rings is 1. The molecule has 2 rings (SSSR count). The van der Waals surface area contributed by atoms with E-state index in [2.05, 4.69) is 43.3 Å². The third-order valence-corrected chi connectivity index (χ3v) is 3.88. The first-order valence-corrected chi connectivity index (χ1v) is 7.83. The van der Waals surface area contributed by atoms with Crippen molar-refractivity contribution in [1.29, 1.82) is 0 Å². The molecule has 23 heavy (non-hydrogen) atoms. The standard InChI is InChI=1S/C18H24FN3O/c1-6-14-15(19)16(22(5)21-14)17(23)20-11-12-7-9-13(10-8-12)18(2,3)4/h7-10H,6,11H2,1-5H3,(H,20,23). The van der Waals surface area contributed by atoms with E-state index in [-0.39, 0.29) is 11.1 Å². The number of rotatable bonds is 4. The summed E-state index contributed by atoms with van der Waals surface area (Å²) in [5.74, 6) is -0.979. The van der Waals surface area contributed by atoms with Gasteiger partial charge in [-0.1, -0.05) is 52.0 Å². The lowest BCUT2D eigenvalue weighted by atomic mass is 9.87. The minimum Gasteiger partial charge on any atom is -0.347 e. The van der Waals surface area contributed by atoms with Crippen LogP contribution in [0.15, 0.2) is 24.3 Å². The van der Waals surface area contributed by atoms with Crippen molar-refractivity contribution >= 4 is 5.91 Å². The smallest absolute Gasteiger partial charge is 0.272 e. The molecule has 0 bridgehead atoms. The normalized spacial score (nSPS) is 11.6. The van der Waals surface area contributed by atoms with Crippen LogP contribution in [0.4, 0.5) is 4.39 Å². The van der Waals surface area contributed by atoms with Crippen LogP contribution in [0, 0.1) is 5.82 Å². The maximum Gasteiger partial charge on any atom is 0.272 e. The Morgan fingerprint density at radius 3 is 2.35 bits per heavy atom. The van der Waals surface area contributed by atoms with Crippen molar-refractivity contribution in [1.82, 2.24) is 15.1 Å². The first kappa shape index (κ1) is 17.2. The average molecular weight is 317 g/mol. The Hall–Kier alpha value is -2.17. The summed E-state index contributed by atoms with van der Waals surface area (Å²) in [4.78, 5) is 12.2. The zero-order valence-electron chi connectivity index (χ0n) is 14.4. The molecule has 124 valence electrons. The number of hydrogen-bond acceptors (Lipinski definition) is 2. The van der Waals surface area contributed by atoms with Gasteiger partial charge in [-0.3, -0.25) is 9.48 Å².